The molecule has 0 atom stereocenters. The minimum absolute atomic E-state index is 0.0938. The Labute approximate surface area is 150 Å². The molecule has 0 unspecified atom stereocenters. The van der Waals surface area contributed by atoms with Crippen molar-refractivity contribution in [1.29, 1.82) is 0 Å². The molecule has 7 heteroatoms. The molecular weight excluding hydrogens is 318 g/mol. The van der Waals surface area contributed by atoms with Gasteiger partial charge in [-0.1, -0.05) is 0 Å². The van der Waals surface area contributed by atoms with Gasteiger partial charge in [0.05, 0.1) is 6.10 Å². The minimum Gasteiger partial charge on any atom is -0.379 e. The number of rotatable bonds is 8. The Balaban J connectivity index is 1.70. The zero-order valence-electron chi connectivity index (χ0n) is 15.9. The largest absolute Gasteiger partial charge is 0.379 e. The van der Waals surface area contributed by atoms with Gasteiger partial charge in [0.2, 0.25) is 5.91 Å². The minimum atomic E-state index is 0.0938. The topological polar surface area (TPSA) is 70.6 Å². The smallest absolute Gasteiger partial charge is 0.223 e. The van der Waals surface area contributed by atoms with Crippen molar-refractivity contribution in [2.24, 2.45) is 5.92 Å². The molecule has 7 nitrogen and oxygen atoms in total. The molecule has 1 N–H and O–H groups in total. The maximum Gasteiger partial charge on any atom is 0.223 e. The summed E-state index contributed by atoms with van der Waals surface area (Å²) < 4.78 is 5.48. The molecule has 1 aromatic heterocycles. The number of aromatic nitrogens is 2. The highest BCUT2D eigenvalue weighted by atomic mass is 16.5. The Morgan fingerprint density at radius 3 is 2.60 bits per heavy atom. The molecule has 1 aliphatic heterocycles. The number of nitrogens with one attached hydrogen (secondary N) is 1. The van der Waals surface area contributed by atoms with Crippen LogP contribution in [0.25, 0.3) is 0 Å². The molecule has 1 aliphatic rings. The molecule has 140 valence electrons. The van der Waals surface area contributed by atoms with E-state index in [0.29, 0.717) is 13.2 Å². The van der Waals surface area contributed by atoms with Crippen LogP contribution in [0.4, 0.5) is 11.6 Å². The molecule has 1 saturated heterocycles. The molecule has 0 spiro atoms. The fourth-order valence-electron chi connectivity index (χ4n) is 2.84. The van der Waals surface area contributed by atoms with Gasteiger partial charge in [0.15, 0.2) is 11.6 Å². The van der Waals surface area contributed by atoms with Gasteiger partial charge in [-0.25, -0.2) is 0 Å². The number of anilines is 2. The van der Waals surface area contributed by atoms with Crippen molar-refractivity contribution in [2.75, 3.05) is 50.1 Å². The van der Waals surface area contributed by atoms with E-state index in [1.165, 1.54) is 0 Å². The number of hydrogen-bond donors (Lipinski definition) is 1. The molecule has 0 radical (unpaired) electrons. The normalized spacial score (nSPS) is 15.5. The van der Waals surface area contributed by atoms with Crippen LogP contribution in [0, 0.1) is 5.92 Å². The monoisotopic (exact) mass is 349 g/mol. The van der Waals surface area contributed by atoms with Crippen LogP contribution in [0.1, 0.15) is 33.1 Å². The van der Waals surface area contributed by atoms with Gasteiger partial charge < -0.3 is 19.9 Å². The number of carbonyl (C=O) groups excluding carboxylic acids is 1. The first-order chi connectivity index (χ1) is 12.0. The van der Waals surface area contributed by atoms with E-state index < -0.39 is 0 Å². The van der Waals surface area contributed by atoms with Crippen molar-refractivity contribution in [1.82, 2.24) is 15.5 Å². The fourth-order valence-corrected chi connectivity index (χ4v) is 2.84. The van der Waals surface area contributed by atoms with Gasteiger partial charge in [0.25, 0.3) is 0 Å². The summed E-state index contributed by atoms with van der Waals surface area (Å²) in [4.78, 5) is 16.4. The lowest BCUT2D eigenvalue weighted by molar-refractivity contribution is -0.125. The lowest BCUT2D eigenvalue weighted by Crippen LogP contribution is -2.41. The summed E-state index contributed by atoms with van der Waals surface area (Å²) in [6, 6.07) is 3.97. The highest BCUT2D eigenvalue weighted by Gasteiger charge is 2.25. The second-order valence-corrected chi connectivity index (χ2v) is 6.97. The predicted molar refractivity (Wildman–Crippen MR) is 100 cm³/mol. The van der Waals surface area contributed by atoms with E-state index in [1.54, 1.807) is 0 Å². The van der Waals surface area contributed by atoms with Crippen molar-refractivity contribution in [2.45, 2.75) is 39.2 Å². The Bertz CT molecular complexity index is 525. The molecule has 0 aromatic carbocycles. The molecule has 1 amide bonds. The number of piperidine rings is 1. The van der Waals surface area contributed by atoms with E-state index in [2.05, 4.69) is 20.4 Å². The first-order valence-corrected chi connectivity index (χ1v) is 9.12. The molecule has 2 heterocycles. The second kappa shape index (κ2) is 9.56. The number of amides is 1. The van der Waals surface area contributed by atoms with Gasteiger partial charge in [0, 0.05) is 46.3 Å². The molecule has 0 saturated carbocycles. The molecule has 0 aliphatic carbocycles. The number of ether oxygens (including phenoxy) is 1. The average molecular weight is 349 g/mol. The van der Waals surface area contributed by atoms with E-state index in [-0.39, 0.29) is 17.9 Å². The van der Waals surface area contributed by atoms with Gasteiger partial charge in [-0.2, -0.15) is 0 Å². The molecule has 2 rings (SSSR count). The first kappa shape index (κ1) is 19.4. The van der Waals surface area contributed by atoms with Crippen LogP contribution >= 0.6 is 0 Å². The number of hydrogen-bond acceptors (Lipinski definition) is 6. The Kier molecular flexibility index (Phi) is 7.43. The Hall–Kier alpha value is -1.89. The second-order valence-electron chi connectivity index (χ2n) is 6.97. The fraction of sp³-hybridized carbons (Fsp3) is 0.722. The highest BCUT2D eigenvalue weighted by molar-refractivity contribution is 5.78. The number of carbonyl (C=O) groups is 1. The van der Waals surface area contributed by atoms with Gasteiger partial charge in [-0.15, -0.1) is 10.2 Å². The summed E-state index contributed by atoms with van der Waals surface area (Å²) >= 11 is 0. The molecular formula is C18H31N5O2. The van der Waals surface area contributed by atoms with Crippen LogP contribution < -0.4 is 15.1 Å². The lowest BCUT2D eigenvalue weighted by atomic mass is 9.96. The van der Waals surface area contributed by atoms with E-state index in [9.17, 15) is 4.79 Å². The predicted octanol–water partition coefficient (Wildman–Crippen LogP) is 1.69. The SMILES string of the molecule is CC(C)OCCCNC(=O)C1CCN(c2ccc(N(C)C)nn2)CC1. The highest BCUT2D eigenvalue weighted by Crippen LogP contribution is 2.22. The molecule has 0 bridgehead atoms. The summed E-state index contributed by atoms with van der Waals surface area (Å²) in [5.41, 5.74) is 0. The molecule has 1 aromatic rings. The summed E-state index contributed by atoms with van der Waals surface area (Å²) in [6.45, 7) is 7.09. The van der Waals surface area contributed by atoms with Crippen LogP contribution in [-0.4, -0.2) is 62.5 Å². The van der Waals surface area contributed by atoms with Crippen LogP contribution in [0.3, 0.4) is 0 Å². The third kappa shape index (κ3) is 6.16. The van der Waals surface area contributed by atoms with E-state index in [4.69, 9.17) is 4.74 Å². The van der Waals surface area contributed by atoms with Crippen molar-refractivity contribution < 1.29 is 9.53 Å². The van der Waals surface area contributed by atoms with Crippen LogP contribution in [-0.2, 0) is 9.53 Å². The quantitative estimate of drug-likeness (QED) is 0.720. The van der Waals surface area contributed by atoms with Crippen molar-refractivity contribution in [3.8, 4) is 0 Å². The zero-order valence-corrected chi connectivity index (χ0v) is 15.9. The van der Waals surface area contributed by atoms with Crippen LogP contribution in [0.2, 0.25) is 0 Å². The lowest BCUT2D eigenvalue weighted by Gasteiger charge is -2.32. The summed E-state index contributed by atoms with van der Waals surface area (Å²) in [5, 5.41) is 11.5. The van der Waals surface area contributed by atoms with Crippen molar-refractivity contribution in [3.05, 3.63) is 12.1 Å². The third-order valence-electron chi connectivity index (χ3n) is 4.36. The Morgan fingerprint density at radius 2 is 2.04 bits per heavy atom. The maximum absolute atomic E-state index is 12.3. The van der Waals surface area contributed by atoms with E-state index in [0.717, 1.165) is 44.0 Å². The maximum atomic E-state index is 12.3. The average Bonchev–Trinajstić information content (AvgIpc) is 2.61. The summed E-state index contributed by atoms with van der Waals surface area (Å²) in [7, 11) is 3.89. The standard InChI is InChI=1S/C18H31N5O2/c1-14(2)25-13-5-10-19-18(24)15-8-11-23(12-9-15)17-7-6-16(20-21-17)22(3)4/h6-7,14-15H,5,8-13H2,1-4H3,(H,19,24). The number of nitrogens with zero attached hydrogens (tertiary/aromatic N) is 4. The molecule has 1 fully saturated rings. The zero-order chi connectivity index (χ0) is 18.2. The molecule has 25 heavy (non-hydrogen) atoms. The Morgan fingerprint density at radius 1 is 1.32 bits per heavy atom. The van der Waals surface area contributed by atoms with Crippen molar-refractivity contribution >= 4 is 17.5 Å². The van der Waals surface area contributed by atoms with Crippen molar-refractivity contribution in [3.63, 3.8) is 0 Å². The van der Waals surface area contributed by atoms with Gasteiger partial charge in [-0.3, -0.25) is 4.79 Å². The van der Waals surface area contributed by atoms with Gasteiger partial charge in [-0.05, 0) is 45.2 Å². The van der Waals surface area contributed by atoms with E-state index >= 15 is 0 Å². The van der Waals surface area contributed by atoms with E-state index in [1.807, 2.05) is 45.0 Å². The van der Waals surface area contributed by atoms with Gasteiger partial charge >= 0.3 is 0 Å². The summed E-state index contributed by atoms with van der Waals surface area (Å²) in [6.07, 6.45) is 2.81. The van der Waals surface area contributed by atoms with Crippen LogP contribution in [0.15, 0.2) is 12.1 Å². The third-order valence-corrected chi connectivity index (χ3v) is 4.36. The van der Waals surface area contributed by atoms with Crippen LogP contribution in [0.5, 0.6) is 0 Å². The first-order valence-electron chi connectivity index (χ1n) is 9.12. The summed E-state index contributed by atoms with van der Waals surface area (Å²) in [5.74, 6) is 1.99. The van der Waals surface area contributed by atoms with Gasteiger partial charge in [0.1, 0.15) is 0 Å².